The highest BCUT2D eigenvalue weighted by atomic mass is 16.3. The van der Waals surface area contributed by atoms with E-state index in [4.69, 9.17) is 15.2 Å². The van der Waals surface area contributed by atoms with E-state index >= 15 is 0 Å². The van der Waals surface area contributed by atoms with Crippen LogP contribution in [-0.4, -0.2) is 73.0 Å². The van der Waals surface area contributed by atoms with Crippen molar-refractivity contribution in [3.8, 4) is 6.07 Å². The minimum Gasteiger partial charge on any atom is -0.389 e. The summed E-state index contributed by atoms with van der Waals surface area (Å²) in [5.41, 5.74) is 1.30. The zero-order valence-corrected chi connectivity index (χ0v) is 18.3. The molecule has 10 heteroatoms. The van der Waals surface area contributed by atoms with Gasteiger partial charge < -0.3 is 20.6 Å². The number of aromatic amines is 1. The average molecular weight is 436 g/mol. The Morgan fingerprint density at radius 1 is 1.22 bits per heavy atom. The quantitative estimate of drug-likeness (QED) is 0.515. The molecule has 4 fully saturated rings. The summed E-state index contributed by atoms with van der Waals surface area (Å²) in [7, 11) is 0. The van der Waals surface area contributed by atoms with Crippen molar-refractivity contribution in [1.82, 2.24) is 25.1 Å². The molecular weight excluding hydrogens is 406 g/mol. The van der Waals surface area contributed by atoms with Crippen molar-refractivity contribution in [3.63, 3.8) is 0 Å². The Balaban J connectivity index is 1.17. The molecule has 4 aliphatic heterocycles. The first-order chi connectivity index (χ1) is 15.5. The maximum Gasteiger partial charge on any atom is 0.226 e. The highest BCUT2D eigenvalue weighted by molar-refractivity contribution is 5.60. The zero-order chi connectivity index (χ0) is 21.9. The number of β-amino-alcohol motifs (C(OH)–C–C–N with tert-alkyl or cyclic N) is 1. The third-order valence-electron chi connectivity index (χ3n) is 7.58. The smallest absolute Gasteiger partial charge is 0.226 e. The van der Waals surface area contributed by atoms with Crippen LogP contribution < -0.4 is 15.5 Å². The minimum atomic E-state index is -0.297. The number of aliphatic hydroxyl groups is 1. The van der Waals surface area contributed by atoms with Gasteiger partial charge in [0.2, 0.25) is 5.95 Å². The van der Waals surface area contributed by atoms with Gasteiger partial charge in [0.1, 0.15) is 11.6 Å². The predicted molar refractivity (Wildman–Crippen MR) is 120 cm³/mol. The molecule has 6 rings (SSSR count). The average Bonchev–Trinajstić information content (AvgIpc) is 3.11. The summed E-state index contributed by atoms with van der Waals surface area (Å²) in [5, 5.41) is 32.8. The third-order valence-corrected chi connectivity index (χ3v) is 7.58. The van der Waals surface area contributed by atoms with E-state index < -0.39 is 0 Å². The van der Waals surface area contributed by atoms with Gasteiger partial charge in [-0.1, -0.05) is 0 Å². The second-order valence-electron chi connectivity index (χ2n) is 9.87. The van der Waals surface area contributed by atoms with Crippen LogP contribution in [0.5, 0.6) is 0 Å². The summed E-state index contributed by atoms with van der Waals surface area (Å²) in [6, 6.07) is 7.72. The first-order valence-corrected chi connectivity index (χ1v) is 11.5. The number of nitrogens with one attached hydrogen (secondary N) is 3. The first-order valence-electron chi connectivity index (χ1n) is 11.5. The van der Waals surface area contributed by atoms with Gasteiger partial charge in [-0.05, 0) is 39.0 Å². The molecule has 0 radical (unpaired) electrons. The maximum absolute atomic E-state index is 9.73. The fourth-order valence-electron chi connectivity index (χ4n) is 6.27. The van der Waals surface area contributed by atoms with Crippen LogP contribution in [-0.2, 0) is 0 Å². The summed E-state index contributed by atoms with van der Waals surface area (Å²) < 4.78 is 0. The number of aliphatic hydroxyl groups excluding tert-OH is 1. The Morgan fingerprint density at radius 2 is 2.00 bits per heavy atom. The molecule has 2 unspecified atom stereocenters. The largest absolute Gasteiger partial charge is 0.389 e. The van der Waals surface area contributed by atoms with Crippen molar-refractivity contribution >= 4 is 23.4 Å². The molecule has 168 valence electrons. The topological polar surface area (TPSA) is 129 Å². The number of rotatable bonds is 7. The number of piperidine rings is 2. The minimum absolute atomic E-state index is 0.297. The molecule has 4 aliphatic rings. The summed E-state index contributed by atoms with van der Waals surface area (Å²) in [5.74, 6) is 2.83. The van der Waals surface area contributed by atoms with E-state index in [1.165, 1.54) is 12.8 Å². The zero-order valence-electron chi connectivity index (χ0n) is 18.3. The second-order valence-corrected chi connectivity index (χ2v) is 9.87. The van der Waals surface area contributed by atoms with Gasteiger partial charge in [0.15, 0.2) is 5.82 Å². The number of hydrogen-bond donors (Lipinski definition) is 4. The van der Waals surface area contributed by atoms with Crippen molar-refractivity contribution in [2.24, 2.45) is 0 Å². The number of nitriles is 1. The normalized spacial score (nSPS) is 31.0. The Labute approximate surface area is 187 Å². The van der Waals surface area contributed by atoms with Gasteiger partial charge in [0.05, 0.1) is 12.2 Å². The molecule has 0 aromatic carbocycles. The van der Waals surface area contributed by atoms with Crippen LogP contribution in [0.2, 0.25) is 0 Å². The van der Waals surface area contributed by atoms with E-state index in [0.29, 0.717) is 60.8 Å². The van der Waals surface area contributed by atoms with Crippen LogP contribution in [0.1, 0.15) is 44.2 Å². The number of aryl methyl sites for hydroxylation is 1. The van der Waals surface area contributed by atoms with E-state index in [-0.39, 0.29) is 6.10 Å². The Morgan fingerprint density at radius 3 is 2.66 bits per heavy atom. The maximum atomic E-state index is 9.73. The number of nitrogens with zero attached hydrogens (tertiary/aromatic N) is 6. The summed E-state index contributed by atoms with van der Waals surface area (Å²) in [6.45, 7) is 3.13. The fourth-order valence-corrected chi connectivity index (χ4v) is 6.27. The highest BCUT2D eigenvalue weighted by Gasteiger charge is 2.64. The molecule has 0 amide bonds. The number of hydrogen-bond acceptors (Lipinski definition) is 9. The first kappa shape index (κ1) is 19.8. The summed E-state index contributed by atoms with van der Waals surface area (Å²) >= 11 is 0. The molecule has 0 saturated carbocycles. The van der Waals surface area contributed by atoms with Crippen LogP contribution >= 0.6 is 0 Å². The van der Waals surface area contributed by atoms with Gasteiger partial charge in [-0.25, -0.2) is 0 Å². The number of anilines is 4. The van der Waals surface area contributed by atoms with Gasteiger partial charge in [-0.3, -0.25) is 10.00 Å². The van der Waals surface area contributed by atoms with Gasteiger partial charge in [0, 0.05) is 61.0 Å². The van der Waals surface area contributed by atoms with Gasteiger partial charge in [-0.2, -0.15) is 20.3 Å². The van der Waals surface area contributed by atoms with E-state index in [1.807, 2.05) is 19.1 Å². The van der Waals surface area contributed by atoms with E-state index in [0.717, 1.165) is 30.8 Å². The van der Waals surface area contributed by atoms with Crippen molar-refractivity contribution in [1.29, 1.82) is 5.26 Å². The Bertz CT molecular complexity index is 1040. The van der Waals surface area contributed by atoms with Crippen LogP contribution in [0.25, 0.3) is 0 Å². The molecule has 2 atom stereocenters. The number of H-pyrrole nitrogens is 1. The second kappa shape index (κ2) is 7.32. The molecular formula is C22H29N9O. The molecule has 2 aromatic heterocycles. The van der Waals surface area contributed by atoms with Gasteiger partial charge in [-0.15, -0.1) is 0 Å². The van der Waals surface area contributed by atoms with Crippen LogP contribution in [0.4, 0.5) is 23.4 Å². The van der Waals surface area contributed by atoms with Crippen LogP contribution in [0.15, 0.2) is 12.1 Å². The SMILES string of the molecule is Cc1cc(Nc2cc(N3CC(O)C3)nc(NC3CC4CC5(CCC#N)CC(C3)N45)n2)n[nH]1. The lowest BCUT2D eigenvalue weighted by molar-refractivity contribution is -0.222. The van der Waals surface area contributed by atoms with Gasteiger partial charge >= 0.3 is 0 Å². The molecule has 2 aromatic rings. The van der Waals surface area contributed by atoms with Crippen molar-refractivity contribution in [2.45, 2.75) is 75.2 Å². The lowest BCUT2D eigenvalue weighted by Gasteiger charge is -2.74. The van der Waals surface area contributed by atoms with E-state index in [9.17, 15) is 5.11 Å². The third kappa shape index (κ3) is 3.27. The van der Waals surface area contributed by atoms with Crippen molar-refractivity contribution < 1.29 is 5.11 Å². The predicted octanol–water partition coefficient (Wildman–Crippen LogP) is 1.90. The number of aromatic nitrogens is 4. The lowest BCUT2D eigenvalue weighted by Crippen LogP contribution is -2.81. The lowest BCUT2D eigenvalue weighted by atomic mass is 9.57. The molecule has 4 saturated heterocycles. The highest BCUT2D eigenvalue weighted by Crippen LogP contribution is 2.58. The summed E-state index contributed by atoms with van der Waals surface area (Å²) in [4.78, 5) is 14.2. The summed E-state index contributed by atoms with van der Waals surface area (Å²) in [6.07, 6.45) is 5.97. The van der Waals surface area contributed by atoms with E-state index in [1.54, 1.807) is 0 Å². The van der Waals surface area contributed by atoms with Crippen LogP contribution in [0, 0.1) is 18.3 Å². The van der Waals surface area contributed by atoms with Crippen molar-refractivity contribution in [3.05, 3.63) is 17.8 Å². The monoisotopic (exact) mass is 435 g/mol. The Hall–Kier alpha value is -2.90. The molecule has 10 nitrogen and oxygen atoms in total. The standard InChI is InChI=1S/C22H29N9O/c1-13-5-19(29-28-13)25-18-8-20(30-11-17(32)12-30)27-21(26-18)24-14-6-15-9-22(3-2-4-23)10-16(7-14)31(15)22/h5,8,14-17,32H,2-3,6-7,9-12H2,1H3,(H3,24,25,26,27,28,29). The molecule has 0 aliphatic carbocycles. The van der Waals surface area contributed by atoms with Gasteiger partial charge in [0.25, 0.3) is 0 Å². The van der Waals surface area contributed by atoms with Crippen LogP contribution in [0.3, 0.4) is 0 Å². The molecule has 0 spiro atoms. The fraction of sp³-hybridized carbons (Fsp3) is 0.636. The molecule has 4 N–H and O–H groups in total. The molecule has 0 bridgehead atoms. The molecule has 6 heterocycles. The Kier molecular flexibility index (Phi) is 4.52. The van der Waals surface area contributed by atoms with E-state index in [2.05, 4.69) is 36.7 Å². The van der Waals surface area contributed by atoms with Crippen molar-refractivity contribution in [2.75, 3.05) is 28.6 Å². The molecule has 32 heavy (non-hydrogen) atoms.